The molecule has 24 heavy (non-hydrogen) atoms. The number of carbonyl (C=O) groups is 1. The summed E-state index contributed by atoms with van der Waals surface area (Å²) < 4.78 is 5.42. The minimum Gasteiger partial charge on any atom is -0.378 e. The summed E-state index contributed by atoms with van der Waals surface area (Å²) in [6.45, 7) is 4.16. The van der Waals surface area contributed by atoms with Crippen LogP contribution in [0.25, 0.3) is 0 Å². The van der Waals surface area contributed by atoms with Crippen LogP contribution >= 0.6 is 0 Å². The zero-order valence-corrected chi connectivity index (χ0v) is 14.3. The standard InChI is InChI=1S/C19H27N3O2/c23-19(22-9-3-5-15-4-1-2-6-18(15)22)17-14-16(7-8-20-17)21-10-12-24-13-11-21/h7-8,14-15,18H,1-6,9-13H2/t15-,18-/m1/s1. The largest absolute Gasteiger partial charge is 0.378 e. The van der Waals surface area contributed by atoms with E-state index in [-0.39, 0.29) is 5.91 Å². The smallest absolute Gasteiger partial charge is 0.272 e. The van der Waals surface area contributed by atoms with E-state index in [0.717, 1.165) is 45.0 Å². The highest BCUT2D eigenvalue weighted by Crippen LogP contribution is 2.36. The molecular formula is C19H27N3O2. The second-order valence-electron chi connectivity index (χ2n) is 7.25. The van der Waals surface area contributed by atoms with Crippen LogP contribution in [0.15, 0.2) is 18.3 Å². The van der Waals surface area contributed by atoms with E-state index in [1.807, 2.05) is 12.1 Å². The Morgan fingerprint density at radius 1 is 1.08 bits per heavy atom. The van der Waals surface area contributed by atoms with Gasteiger partial charge in [-0.15, -0.1) is 0 Å². The molecule has 5 heteroatoms. The molecule has 1 amide bonds. The summed E-state index contributed by atoms with van der Waals surface area (Å²) in [5.41, 5.74) is 1.69. The first-order valence-corrected chi connectivity index (χ1v) is 9.42. The second kappa shape index (κ2) is 7.09. The van der Waals surface area contributed by atoms with E-state index in [1.165, 1.54) is 32.1 Å². The van der Waals surface area contributed by atoms with Crippen LogP contribution in [0, 0.1) is 5.92 Å². The normalized spacial score (nSPS) is 27.7. The van der Waals surface area contributed by atoms with Crippen molar-refractivity contribution >= 4 is 11.6 Å². The fourth-order valence-corrected chi connectivity index (χ4v) is 4.58. The molecule has 130 valence electrons. The Kier molecular flexibility index (Phi) is 4.69. The van der Waals surface area contributed by atoms with Gasteiger partial charge in [0.2, 0.25) is 0 Å². The maximum Gasteiger partial charge on any atom is 0.272 e. The van der Waals surface area contributed by atoms with Crippen molar-refractivity contribution in [3.63, 3.8) is 0 Å². The second-order valence-corrected chi connectivity index (χ2v) is 7.25. The van der Waals surface area contributed by atoms with E-state index < -0.39 is 0 Å². The highest BCUT2D eigenvalue weighted by atomic mass is 16.5. The summed E-state index contributed by atoms with van der Waals surface area (Å²) in [6.07, 6.45) is 9.24. The van der Waals surface area contributed by atoms with Crippen molar-refractivity contribution in [3.8, 4) is 0 Å². The van der Waals surface area contributed by atoms with E-state index in [0.29, 0.717) is 17.7 Å². The Morgan fingerprint density at radius 2 is 1.88 bits per heavy atom. The third-order valence-electron chi connectivity index (χ3n) is 5.84. The Balaban J connectivity index is 1.53. The SMILES string of the molecule is O=C(c1cc(N2CCOCC2)ccn1)N1CCC[C@H]2CCCC[C@H]21. The molecule has 2 aliphatic heterocycles. The lowest BCUT2D eigenvalue weighted by Crippen LogP contribution is -2.49. The van der Waals surface area contributed by atoms with Crippen molar-refractivity contribution in [1.82, 2.24) is 9.88 Å². The van der Waals surface area contributed by atoms with E-state index in [1.54, 1.807) is 6.20 Å². The van der Waals surface area contributed by atoms with Crippen molar-refractivity contribution in [2.24, 2.45) is 5.92 Å². The molecule has 1 aromatic heterocycles. The summed E-state index contributed by atoms with van der Waals surface area (Å²) in [5, 5.41) is 0. The lowest BCUT2D eigenvalue weighted by Gasteiger charge is -2.44. The van der Waals surface area contributed by atoms with Gasteiger partial charge in [0.15, 0.2) is 0 Å². The fourth-order valence-electron chi connectivity index (χ4n) is 4.58. The van der Waals surface area contributed by atoms with Gasteiger partial charge in [-0.05, 0) is 43.7 Å². The number of morpholine rings is 1. The predicted molar refractivity (Wildman–Crippen MR) is 93.3 cm³/mol. The van der Waals surface area contributed by atoms with Crippen LogP contribution in [0.3, 0.4) is 0 Å². The molecule has 0 unspecified atom stereocenters. The number of amides is 1. The van der Waals surface area contributed by atoms with Gasteiger partial charge < -0.3 is 14.5 Å². The van der Waals surface area contributed by atoms with Crippen molar-refractivity contribution in [2.75, 3.05) is 37.7 Å². The van der Waals surface area contributed by atoms with Crippen molar-refractivity contribution in [3.05, 3.63) is 24.0 Å². The topological polar surface area (TPSA) is 45.7 Å². The molecule has 0 spiro atoms. The van der Waals surface area contributed by atoms with Crippen molar-refractivity contribution in [2.45, 2.75) is 44.6 Å². The third-order valence-corrected chi connectivity index (χ3v) is 5.84. The average Bonchev–Trinajstić information content (AvgIpc) is 2.68. The number of rotatable bonds is 2. The van der Waals surface area contributed by atoms with Crippen LogP contribution in [0.2, 0.25) is 0 Å². The average molecular weight is 329 g/mol. The molecule has 0 N–H and O–H groups in total. The molecule has 0 bridgehead atoms. The number of aromatic nitrogens is 1. The molecule has 0 aromatic carbocycles. The minimum atomic E-state index is 0.127. The molecule has 5 nitrogen and oxygen atoms in total. The monoisotopic (exact) mass is 329 g/mol. The summed E-state index contributed by atoms with van der Waals surface area (Å²) in [6, 6.07) is 4.41. The first-order valence-electron chi connectivity index (χ1n) is 9.42. The van der Waals surface area contributed by atoms with E-state index in [9.17, 15) is 4.79 Å². The van der Waals surface area contributed by atoms with Gasteiger partial charge in [-0.2, -0.15) is 0 Å². The quantitative estimate of drug-likeness (QED) is 0.837. The fraction of sp³-hybridized carbons (Fsp3) is 0.684. The van der Waals surface area contributed by atoms with Gasteiger partial charge in [-0.1, -0.05) is 12.8 Å². The minimum absolute atomic E-state index is 0.127. The lowest BCUT2D eigenvalue weighted by atomic mass is 9.78. The van der Waals surface area contributed by atoms with Crippen LogP contribution in [0.1, 0.15) is 49.0 Å². The summed E-state index contributed by atoms with van der Waals surface area (Å²) in [7, 11) is 0. The summed E-state index contributed by atoms with van der Waals surface area (Å²) >= 11 is 0. The van der Waals surface area contributed by atoms with E-state index >= 15 is 0 Å². The molecule has 1 aliphatic carbocycles. The molecule has 1 saturated carbocycles. The van der Waals surface area contributed by atoms with Crippen LogP contribution in [0.5, 0.6) is 0 Å². The Hall–Kier alpha value is -1.62. The number of nitrogens with zero attached hydrogens (tertiary/aromatic N) is 3. The third kappa shape index (κ3) is 3.14. The summed E-state index contributed by atoms with van der Waals surface area (Å²) in [4.78, 5) is 21.9. The number of fused-ring (bicyclic) bond motifs is 1. The van der Waals surface area contributed by atoms with Gasteiger partial charge >= 0.3 is 0 Å². The number of ether oxygens (including phenoxy) is 1. The number of carbonyl (C=O) groups excluding carboxylic acids is 1. The molecule has 1 aromatic rings. The predicted octanol–water partition coefficient (Wildman–Crippen LogP) is 2.71. The first-order chi connectivity index (χ1) is 11.8. The van der Waals surface area contributed by atoms with Gasteiger partial charge in [-0.3, -0.25) is 9.78 Å². The molecule has 3 heterocycles. The number of hydrogen-bond donors (Lipinski definition) is 0. The molecule has 0 radical (unpaired) electrons. The zero-order chi connectivity index (χ0) is 16.4. The molecule has 4 rings (SSSR count). The van der Waals surface area contributed by atoms with Crippen LogP contribution < -0.4 is 4.90 Å². The van der Waals surface area contributed by atoms with E-state index in [2.05, 4.69) is 14.8 Å². The van der Waals surface area contributed by atoms with Gasteiger partial charge in [0, 0.05) is 37.6 Å². The Labute approximate surface area is 144 Å². The van der Waals surface area contributed by atoms with Crippen LogP contribution in [0.4, 0.5) is 5.69 Å². The Morgan fingerprint density at radius 3 is 2.75 bits per heavy atom. The number of likely N-dealkylation sites (tertiary alicyclic amines) is 1. The number of piperidine rings is 1. The number of anilines is 1. The van der Waals surface area contributed by atoms with E-state index in [4.69, 9.17) is 4.74 Å². The van der Waals surface area contributed by atoms with Gasteiger partial charge in [0.1, 0.15) is 5.69 Å². The highest BCUT2D eigenvalue weighted by Gasteiger charge is 2.36. The van der Waals surface area contributed by atoms with Gasteiger partial charge in [-0.25, -0.2) is 0 Å². The zero-order valence-electron chi connectivity index (χ0n) is 14.3. The van der Waals surface area contributed by atoms with Crippen molar-refractivity contribution in [1.29, 1.82) is 0 Å². The summed E-state index contributed by atoms with van der Waals surface area (Å²) in [5.74, 6) is 0.834. The van der Waals surface area contributed by atoms with Crippen LogP contribution in [-0.4, -0.2) is 54.7 Å². The Bertz CT molecular complexity index is 584. The van der Waals surface area contributed by atoms with Gasteiger partial charge in [0.25, 0.3) is 5.91 Å². The van der Waals surface area contributed by atoms with Gasteiger partial charge in [0.05, 0.1) is 13.2 Å². The molecule has 2 atom stereocenters. The maximum absolute atomic E-state index is 13.1. The molecule has 3 fully saturated rings. The first kappa shape index (κ1) is 15.9. The molecule has 2 saturated heterocycles. The maximum atomic E-state index is 13.1. The molecule has 3 aliphatic rings. The number of hydrogen-bond acceptors (Lipinski definition) is 4. The lowest BCUT2D eigenvalue weighted by molar-refractivity contribution is 0.0385. The van der Waals surface area contributed by atoms with Crippen LogP contribution in [-0.2, 0) is 4.74 Å². The highest BCUT2D eigenvalue weighted by molar-refractivity contribution is 5.93. The number of pyridine rings is 1. The van der Waals surface area contributed by atoms with Crippen molar-refractivity contribution < 1.29 is 9.53 Å². The molecular weight excluding hydrogens is 302 g/mol.